The minimum absolute atomic E-state index is 0.0547. The predicted octanol–water partition coefficient (Wildman–Crippen LogP) is 1.95. The highest BCUT2D eigenvalue weighted by Crippen LogP contribution is 2.18. The van der Waals surface area contributed by atoms with Crippen LogP contribution in [-0.4, -0.2) is 40.7 Å². The van der Waals surface area contributed by atoms with E-state index in [-0.39, 0.29) is 17.6 Å². The number of thiol groups is 1. The quantitative estimate of drug-likeness (QED) is 0.624. The second kappa shape index (κ2) is 9.32. The maximum Gasteiger partial charge on any atom is 0.326 e. The van der Waals surface area contributed by atoms with Gasteiger partial charge in [-0.25, -0.2) is 4.79 Å². The van der Waals surface area contributed by atoms with Gasteiger partial charge in [-0.15, -0.1) is 0 Å². The van der Waals surface area contributed by atoms with E-state index in [0.717, 1.165) is 0 Å². The molecule has 0 fully saturated rings. The van der Waals surface area contributed by atoms with Crippen molar-refractivity contribution in [3.05, 3.63) is 30.3 Å². The summed E-state index contributed by atoms with van der Waals surface area (Å²) in [4.78, 5) is 37.3. The number of amides is 2. The molecule has 0 aliphatic rings. The van der Waals surface area contributed by atoms with Crippen molar-refractivity contribution in [1.82, 2.24) is 5.32 Å². The molecule has 2 atom stereocenters. The third kappa shape index (κ3) is 5.56. The Morgan fingerprint density at radius 2 is 1.75 bits per heavy atom. The smallest absolute Gasteiger partial charge is 0.326 e. The van der Waals surface area contributed by atoms with E-state index in [4.69, 9.17) is 0 Å². The second-order valence-electron chi connectivity index (χ2n) is 5.96. The van der Waals surface area contributed by atoms with Crippen LogP contribution in [0.15, 0.2) is 30.3 Å². The molecule has 0 aliphatic carbocycles. The Balaban J connectivity index is 2.97. The van der Waals surface area contributed by atoms with Crippen molar-refractivity contribution in [1.29, 1.82) is 0 Å². The minimum Gasteiger partial charge on any atom is -0.480 e. The SMILES string of the molecule is CC(C)CC(NC(=O)C(C)N(C(=O)CS)c1ccccc1)C(=O)O. The monoisotopic (exact) mass is 352 g/mol. The minimum atomic E-state index is -1.09. The van der Waals surface area contributed by atoms with Crippen LogP contribution in [0.1, 0.15) is 27.2 Å². The number of carbonyl (C=O) groups excluding carboxylic acids is 2. The van der Waals surface area contributed by atoms with Gasteiger partial charge in [-0.2, -0.15) is 12.6 Å². The second-order valence-corrected chi connectivity index (χ2v) is 6.28. The van der Waals surface area contributed by atoms with Gasteiger partial charge < -0.3 is 10.4 Å². The Morgan fingerprint density at radius 3 is 2.21 bits per heavy atom. The maximum atomic E-state index is 12.5. The zero-order valence-electron chi connectivity index (χ0n) is 14.1. The number of hydrogen-bond donors (Lipinski definition) is 3. The van der Waals surface area contributed by atoms with Crippen LogP contribution >= 0.6 is 12.6 Å². The summed E-state index contributed by atoms with van der Waals surface area (Å²) in [5.74, 6) is -1.87. The molecule has 0 saturated heterocycles. The highest BCUT2D eigenvalue weighted by Gasteiger charge is 2.30. The molecule has 2 N–H and O–H groups in total. The average molecular weight is 352 g/mol. The number of benzene rings is 1. The Labute approximate surface area is 147 Å². The normalized spacial score (nSPS) is 13.2. The van der Waals surface area contributed by atoms with Crippen LogP contribution in [-0.2, 0) is 14.4 Å². The van der Waals surface area contributed by atoms with E-state index in [1.165, 1.54) is 4.90 Å². The number of aliphatic carboxylic acids is 1. The van der Waals surface area contributed by atoms with Gasteiger partial charge in [0.2, 0.25) is 11.8 Å². The molecule has 0 spiro atoms. The summed E-state index contributed by atoms with van der Waals surface area (Å²) in [5, 5.41) is 11.8. The van der Waals surface area contributed by atoms with Crippen LogP contribution in [0.25, 0.3) is 0 Å². The summed E-state index contributed by atoms with van der Waals surface area (Å²) in [6.07, 6.45) is 0.319. The van der Waals surface area contributed by atoms with Gasteiger partial charge in [0.25, 0.3) is 0 Å². The lowest BCUT2D eigenvalue weighted by molar-refractivity contribution is -0.142. The highest BCUT2D eigenvalue weighted by molar-refractivity contribution is 7.81. The van der Waals surface area contributed by atoms with Crippen LogP contribution in [0.3, 0.4) is 0 Å². The lowest BCUT2D eigenvalue weighted by Gasteiger charge is -2.29. The number of carboxylic acid groups (broad SMARTS) is 1. The lowest BCUT2D eigenvalue weighted by atomic mass is 10.0. The van der Waals surface area contributed by atoms with Crippen molar-refractivity contribution in [3.8, 4) is 0 Å². The topological polar surface area (TPSA) is 86.7 Å². The Bertz CT molecular complexity index is 577. The van der Waals surface area contributed by atoms with Crippen molar-refractivity contribution in [3.63, 3.8) is 0 Å². The number of anilines is 1. The molecule has 0 bridgehead atoms. The maximum absolute atomic E-state index is 12.5. The zero-order chi connectivity index (χ0) is 18.3. The molecule has 0 aromatic heterocycles. The van der Waals surface area contributed by atoms with E-state index in [9.17, 15) is 19.5 Å². The molecule has 0 radical (unpaired) electrons. The van der Waals surface area contributed by atoms with Crippen LogP contribution < -0.4 is 10.2 Å². The first-order valence-electron chi connectivity index (χ1n) is 7.79. The van der Waals surface area contributed by atoms with Crippen LogP contribution in [0.2, 0.25) is 0 Å². The molecule has 7 heteroatoms. The number of carbonyl (C=O) groups is 3. The number of rotatable bonds is 8. The molecule has 0 saturated carbocycles. The molecule has 1 aromatic rings. The van der Waals surface area contributed by atoms with Crippen molar-refractivity contribution >= 4 is 36.1 Å². The van der Waals surface area contributed by atoms with Gasteiger partial charge in [0, 0.05) is 5.69 Å². The molecular formula is C17H24N2O4S. The van der Waals surface area contributed by atoms with Gasteiger partial charge in [0.15, 0.2) is 0 Å². The first-order valence-corrected chi connectivity index (χ1v) is 8.42. The van der Waals surface area contributed by atoms with Gasteiger partial charge >= 0.3 is 5.97 Å². The lowest BCUT2D eigenvalue weighted by Crippen LogP contribution is -2.53. The number of carboxylic acids is 1. The Hall–Kier alpha value is -2.02. The third-order valence-electron chi connectivity index (χ3n) is 3.53. The molecule has 0 heterocycles. The first-order chi connectivity index (χ1) is 11.3. The largest absolute Gasteiger partial charge is 0.480 e. The van der Waals surface area contributed by atoms with Gasteiger partial charge in [-0.05, 0) is 31.4 Å². The fourth-order valence-corrected chi connectivity index (χ4v) is 2.50. The molecule has 2 unspecified atom stereocenters. The van der Waals surface area contributed by atoms with Crippen LogP contribution in [0, 0.1) is 5.92 Å². The number of para-hydroxylation sites is 1. The summed E-state index contributed by atoms with van der Waals surface area (Å²) < 4.78 is 0. The van der Waals surface area contributed by atoms with Crippen molar-refractivity contribution < 1.29 is 19.5 Å². The molecule has 2 amide bonds. The fraction of sp³-hybridized carbons (Fsp3) is 0.471. The molecule has 24 heavy (non-hydrogen) atoms. The van der Waals surface area contributed by atoms with E-state index >= 15 is 0 Å². The Morgan fingerprint density at radius 1 is 1.17 bits per heavy atom. The van der Waals surface area contributed by atoms with Gasteiger partial charge in [-0.3, -0.25) is 14.5 Å². The number of nitrogens with one attached hydrogen (secondary N) is 1. The Kier molecular flexibility index (Phi) is 7.78. The summed E-state index contributed by atoms with van der Waals surface area (Å²) in [7, 11) is 0. The van der Waals surface area contributed by atoms with Crippen molar-refractivity contribution in [2.24, 2.45) is 5.92 Å². The number of hydrogen-bond acceptors (Lipinski definition) is 4. The van der Waals surface area contributed by atoms with E-state index < -0.39 is 24.0 Å². The van der Waals surface area contributed by atoms with E-state index in [1.54, 1.807) is 37.3 Å². The first kappa shape index (κ1) is 20.0. The average Bonchev–Trinajstić information content (AvgIpc) is 2.54. The third-order valence-corrected chi connectivity index (χ3v) is 3.80. The molecule has 132 valence electrons. The molecular weight excluding hydrogens is 328 g/mol. The summed E-state index contributed by atoms with van der Waals surface area (Å²) in [6.45, 7) is 5.33. The zero-order valence-corrected chi connectivity index (χ0v) is 15.0. The van der Waals surface area contributed by atoms with E-state index in [0.29, 0.717) is 12.1 Å². The van der Waals surface area contributed by atoms with Crippen LogP contribution in [0.4, 0.5) is 5.69 Å². The van der Waals surface area contributed by atoms with Crippen molar-refractivity contribution in [2.45, 2.75) is 39.3 Å². The van der Waals surface area contributed by atoms with Crippen LogP contribution in [0.5, 0.6) is 0 Å². The van der Waals surface area contributed by atoms with Crippen molar-refractivity contribution in [2.75, 3.05) is 10.7 Å². The summed E-state index contributed by atoms with van der Waals surface area (Å²) in [6, 6.07) is 6.93. The predicted molar refractivity (Wildman–Crippen MR) is 96.3 cm³/mol. The summed E-state index contributed by atoms with van der Waals surface area (Å²) in [5.41, 5.74) is 0.565. The van der Waals surface area contributed by atoms with E-state index in [2.05, 4.69) is 17.9 Å². The standard InChI is InChI=1S/C17H24N2O4S/c1-11(2)9-14(17(22)23)18-16(21)12(3)19(15(20)10-24)13-7-5-4-6-8-13/h4-8,11-12,14,24H,9-10H2,1-3H3,(H,18,21)(H,22,23). The molecule has 1 rings (SSSR count). The number of nitrogens with zero attached hydrogens (tertiary/aromatic N) is 1. The van der Waals surface area contributed by atoms with E-state index in [1.807, 2.05) is 13.8 Å². The summed E-state index contributed by atoms with van der Waals surface area (Å²) >= 11 is 4.00. The van der Waals surface area contributed by atoms with Gasteiger partial charge in [0.05, 0.1) is 5.75 Å². The highest BCUT2D eigenvalue weighted by atomic mass is 32.1. The van der Waals surface area contributed by atoms with Gasteiger partial charge in [0.1, 0.15) is 12.1 Å². The fourth-order valence-electron chi connectivity index (χ4n) is 2.35. The molecule has 6 nitrogen and oxygen atoms in total. The van der Waals surface area contributed by atoms with Gasteiger partial charge in [-0.1, -0.05) is 32.0 Å². The molecule has 1 aromatic carbocycles. The molecule has 0 aliphatic heterocycles.